The number of nitrogens with zero attached hydrogens (tertiary/aromatic N) is 1. The molecule has 0 rings (SSSR count). The van der Waals surface area contributed by atoms with Crippen molar-refractivity contribution in [2.75, 3.05) is 27.2 Å². The summed E-state index contributed by atoms with van der Waals surface area (Å²) in [5.41, 5.74) is 0. The average molecular weight is 766 g/mol. The summed E-state index contributed by atoms with van der Waals surface area (Å²) in [6.45, 7) is 19.3. The Kier molecular flexibility index (Phi) is 33.6. The molecule has 0 heterocycles. The molecular weight excluding hydrogens is 675 g/mol. The molecule has 3 atom stereocenters. The van der Waals surface area contributed by atoms with Crippen molar-refractivity contribution >= 4 is 17.9 Å². The second-order valence-electron chi connectivity index (χ2n) is 18.3. The minimum atomic E-state index is -0.0515. The first kappa shape index (κ1) is 52.4. The SMILES string of the molecule is CC(C)CCC(CCOC(=O)CCCCCCCCCC(CCCCCCCCCC(=O)OC(CCC(C)C)C(C)C)OC(=O)CCCN(C)C)C(C)C. The number of ether oxygens (including phenoxy) is 3. The smallest absolute Gasteiger partial charge is 0.306 e. The molecule has 0 bridgehead atoms. The van der Waals surface area contributed by atoms with Gasteiger partial charge in [-0.15, -0.1) is 0 Å². The Balaban J connectivity index is 4.23. The fraction of sp³-hybridized carbons (Fsp3) is 0.936. The number of unbranched alkanes of at least 4 members (excludes halogenated alkanes) is 12. The zero-order chi connectivity index (χ0) is 40.6. The maximum atomic E-state index is 12.6. The lowest BCUT2D eigenvalue weighted by Crippen LogP contribution is -2.24. The summed E-state index contributed by atoms with van der Waals surface area (Å²) in [5.74, 6) is 2.86. The Morgan fingerprint density at radius 1 is 0.444 bits per heavy atom. The largest absolute Gasteiger partial charge is 0.466 e. The van der Waals surface area contributed by atoms with Crippen molar-refractivity contribution in [2.24, 2.45) is 29.6 Å². The van der Waals surface area contributed by atoms with Crippen LogP contribution in [0.15, 0.2) is 0 Å². The number of carbonyl (C=O) groups excluding carboxylic acids is 3. The fourth-order valence-electron chi connectivity index (χ4n) is 7.11. The Hall–Kier alpha value is -1.63. The highest BCUT2D eigenvalue weighted by atomic mass is 16.5. The number of carbonyl (C=O) groups is 3. The molecule has 54 heavy (non-hydrogen) atoms. The van der Waals surface area contributed by atoms with Crippen molar-refractivity contribution in [1.82, 2.24) is 4.90 Å². The monoisotopic (exact) mass is 766 g/mol. The van der Waals surface area contributed by atoms with E-state index in [9.17, 15) is 14.4 Å². The van der Waals surface area contributed by atoms with Crippen LogP contribution in [-0.2, 0) is 28.6 Å². The lowest BCUT2D eigenvalue weighted by Gasteiger charge is -2.22. The highest BCUT2D eigenvalue weighted by Gasteiger charge is 2.19. The quantitative estimate of drug-likeness (QED) is 0.0354. The molecule has 0 saturated heterocycles. The molecule has 7 nitrogen and oxygen atoms in total. The first-order valence-electron chi connectivity index (χ1n) is 22.9. The Bertz CT molecular complexity index is 901. The molecule has 7 heteroatoms. The van der Waals surface area contributed by atoms with Gasteiger partial charge in [0.15, 0.2) is 0 Å². The van der Waals surface area contributed by atoms with E-state index in [-0.39, 0.29) is 30.1 Å². The summed E-state index contributed by atoms with van der Waals surface area (Å²) < 4.78 is 17.4. The van der Waals surface area contributed by atoms with E-state index in [0.717, 1.165) is 115 Å². The highest BCUT2D eigenvalue weighted by Crippen LogP contribution is 2.24. The van der Waals surface area contributed by atoms with Crippen LogP contribution in [0.2, 0.25) is 0 Å². The lowest BCUT2D eigenvalue weighted by atomic mass is 9.86. The van der Waals surface area contributed by atoms with Crippen molar-refractivity contribution in [2.45, 2.75) is 228 Å². The van der Waals surface area contributed by atoms with E-state index in [2.05, 4.69) is 60.3 Å². The van der Waals surface area contributed by atoms with Crippen LogP contribution in [0, 0.1) is 29.6 Å². The topological polar surface area (TPSA) is 82.1 Å². The van der Waals surface area contributed by atoms with Crippen LogP contribution in [0.4, 0.5) is 0 Å². The zero-order valence-corrected chi connectivity index (χ0v) is 37.5. The predicted molar refractivity (Wildman–Crippen MR) is 228 cm³/mol. The van der Waals surface area contributed by atoms with E-state index in [1.54, 1.807) is 0 Å². The number of rotatable bonds is 37. The second kappa shape index (κ2) is 34.6. The van der Waals surface area contributed by atoms with Gasteiger partial charge >= 0.3 is 17.9 Å². The Morgan fingerprint density at radius 2 is 0.889 bits per heavy atom. The van der Waals surface area contributed by atoms with E-state index in [0.29, 0.717) is 49.5 Å². The van der Waals surface area contributed by atoms with E-state index in [1.807, 2.05) is 14.1 Å². The van der Waals surface area contributed by atoms with Crippen molar-refractivity contribution in [3.05, 3.63) is 0 Å². The van der Waals surface area contributed by atoms with Crippen LogP contribution in [0.25, 0.3) is 0 Å². The predicted octanol–water partition coefficient (Wildman–Crippen LogP) is 12.9. The van der Waals surface area contributed by atoms with Gasteiger partial charge in [0.05, 0.1) is 6.61 Å². The molecule has 320 valence electrons. The van der Waals surface area contributed by atoms with Gasteiger partial charge in [0.1, 0.15) is 12.2 Å². The summed E-state index contributed by atoms with van der Waals surface area (Å²) in [4.78, 5) is 39.4. The van der Waals surface area contributed by atoms with Crippen molar-refractivity contribution < 1.29 is 28.6 Å². The Morgan fingerprint density at radius 3 is 1.37 bits per heavy atom. The molecule has 0 aromatic carbocycles. The molecule has 0 amide bonds. The molecule has 0 N–H and O–H groups in total. The molecule has 0 aliphatic rings. The summed E-state index contributed by atoms with van der Waals surface area (Å²) in [6, 6.07) is 0. The van der Waals surface area contributed by atoms with Crippen molar-refractivity contribution in [1.29, 1.82) is 0 Å². The van der Waals surface area contributed by atoms with Gasteiger partial charge in [0.25, 0.3) is 0 Å². The van der Waals surface area contributed by atoms with Crippen LogP contribution >= 0.6 is 0 Å². The van der Waals surface area contributed by atoms with Crippen LogP contribution in [-0.4, -0.2) is 62.3 Å². The average Bonchev–Trinajstić information content (AvgIpc) is 3.09. The third kappa shape index (κ3) is 33.7. The van der Waals surface area contributed by atoms with Gasteiger partial charge in [-0.3, -0.25) is 14.4 Å². The summed E-state index contributed by atoms with van der Waals surface area (Å²) >= 11 is 0. The molecule has 0 saturated carbocycles. The number of hydrogen-bond donors (Lipinski definition) is 0. The number of esters is 3. The molecule has 3 unspecified atom stereocenters. The lowest BCUT2D eigenvalue weighted by molar-refractivity contribution is -0.152. The van der Waals surface area contributed by atoms with Gasteiger partial charge in [-0.05, 0) is 121 Å². The maximum absolute atomic E-state index is 12.6. The van der Waals surface area contributed by atoms with Gasteiger partial charge in [-0.25, -0.2) is 0 Å². The van der Waals surface area contributed by atoms with Gasteiger partial charge in [-0.2, -0.15) is 0 Å². The fourth-order valence-corrected chi connectivity index (χ4v) is 7.11. The first-order valence-corrected chi connectivity index (χ1v) is 22.9. The van der Waals surface area contributed by atoms with Crippen LogP contribution in [0.5, 0.6) is 0 Å². The summed E-state index contributed by atoms with van der Waals surface area (Å²) in [6.07, 6.45) is 25.4. The molecule has 0 fully saturated rings. The molecule has 0 radical (unpaired) electrons. The van der Waals surface area contributed by atoms with E-state index >= 15 is 0 Å². The number of hydrogen-bond acceptors (Lipinski definition) is 7. The zero-order valence-electron chi connectivity index (χ0n) is 37.5. The third-order valence-electron chi connectivity index (χ3n) is 11.0. The van der Waals surface area contributed by atoms with Crippen molar-refractivity contribution in [3.8, 4) is 0 Å². The van der Waals surface area contributed by atoms with Gasteiger partial charge < -0.3 is 19.1 Å². The third-order valence-corrected chi connectivity index (χ3v) is 11.0. The molecule has 0 aliphatic carbocycles. The highest BCUT2D eigenvalue weighted by molar-refractivity contribution is 5.70. The molecule has 0 aromatic rings. The van der Waals surface area contributed by atoms with Crippen molar-refractivity contribution in [3.63, 3.8) is 0 Å². The summed E-state index contributed by atoms with van der Waals surface area (Å²) in [7, 11) is 4.07. The van der Waals surface area contributed by atoms with Gasteiger partial charge in [0.2, 0.25) is 0 Å². The van der Waals surface area contributed by atoms with E-state index in [4.69, 9.17) is 14.2 Å². The molecular formula is C47H91NO6. The van der Waals surface area contributed by atoms with Crippen LogP contribution in [0.1, 0.15) is 216 Å². The van der Waals surface area contributed by atoms with Gasteiger partial charge in [0, 0.05) is 19.3 Å². The van der Waals surface area contributed by atoms with E-state index in [1.165, 1.54) is 38.5 Å². The van der Waals surface area contributed by atoms with Crippen LogP contribution < -0.4 is 0 Å². The standard InChI is InChI=1S/C47H91NO6/c1-38(2)31-33-42(40(5)6)35-37-52-45(49)28-23-19-15-11-13-17-21-26-43(53-46(50)30-25-36-48(9)10)27-22-18-14-12-16-20-24-29-47(51)54-44(41(7)8)34-32-39(3)4/h38-44H,11-37H2,1-10H3. The van der Waals surface area contributed by atoms with Crippen LogP contribution in [0.3, 0.4) is 0 Å². The van der Waals surface area contributed by atoms with E-state index < -0.39 is 0 Å². The van der Waals surface area contributed by atoms with Gasteiger partial charge in [-0.1, -0.05) is 126 Å². The summed E-state index contributed by atoms with van der Waals surface area (Å²) in [5, 5.41) is 0. The Labute approximate surface area is 335 Å². The maximum Gasteiger partial charge on any atom is 0.306 e. The second-order valence-corrected chi connectivity index (χ2v) is 18.3. The molecule has 0 aliphatic heterocycles. The first-order chi connectivity index (χ1) is 25.7. The molecule has 0 aromatic heterocycles. The normalized spacial score (nSPS) is 13.6. The minimum Gasteiger partial charge on any atom is -0.466 e. The molecule has 0 spiro atoms. The minimum absolute atomic E-state index is 0.0232.